The van der Waals surface area contributed by atoms with Crippen LogP contribution in [0.5, 0.6) is 0 Å². The van der Waals surface area contributed by atoms with E-state index in [1.54, 1.807) is 0 Å². The topological polar surface area (TPSA) is 0 Å². The molecule has 0 aromatic rings. The first kappa shape index (κ1) is 22.1. The van der Waals surface area contributed by atoms with Gasteiger partial charge in [0.25, 0.3) is 0 Å². The molecule has 0 N–H and O–H groups in total. The summed E-state index contributed by atoms with van der Waals surface area (Å²) in [5, 5.41) is 0. The first-order chi connectivity index (χ1) is 12.4. The molecule has 0 aromatic heterocycles. The lowest BCUT2D eigenvalue weighted by molar-refractivity contribution is -0.241. The number of alkyl halides is 3. The largest absolute Gasteiger partial charge is 0.394 e. The van der Waals surface area contributed by atoms with E-state index < -0.39 is 11.6 Å². The third-order valence-corrected chi connectivity index (χ3v) is 7.62. The molecule has 0 atom stereocenters. The highest BCUT2D eigenvalue weighted by atomic mass is 19.4. The van der Waals surface area contributed by atoms with Crippen molar-refractivity contribution in [2.75, 3.05) is 0 Å². The van der Waals surface area contributed by atoms with Crippen LogP contribution >= 0.6 is 0 Å². The summed E-state index contributed by atoms with van der Waals surface area (Å²) in [4.78, 5) is 0. The minimum absolute atomic E-state index is 0.368. The standard InChI is InChI=1S/C23H41F3/c1-3-5-7-8-16-22(23(24,25)26)17-14-21(15-18-22)20-12-10-19(11-13-20)9-6-4-2/h19-21H,3-18H2,1-2H3/t19?,20?,21-,22+. The van der Waals surface area contributed by atoms with Crippen LogP contribution in [0.4, 0.5) is 13.2 Å². The number of halogens is 3. The normalized spacial score (nSPS) is 33.3. The quantitative estimate of drug-likeness (QED) is 0.354. The zero-order valence-corrected chi connectivity index (χ0v) is 17.2. The summed E-state index contributed by atoms with van der Waals surface area (Å²) >= 11 is 0. The minimum Gasteiger partial charge on any atom is -0.171 e. The lowest BCUT2D eigenvalue weighted by Crippen LogP contribution is -2.42. The second kappa shape index (κ2) is 10.4. The van der Waals surface area contributed by atoms with Crippen molar-refractivity contribution in [1.82, 2.24) is 0 Å². The van der Waals surface area contributed by atoms with Gasteiger partial charge in [0.05, 0.1) is 5.41 Å². The second-order valence-electron chi connectivity index (χ2n) is 9.35. The van der Waals surface area contributed by atoms with Crippen molar-refractivity contribution in [2.24, 2.45) is 23.2 Å². The molecular formula is C23H41F3. The van der Waals surface area contributed by atoms with Gasteiger partial charge in [-0.15, -0.1) is 0 Å². The summed E-state index contributed by atoms with van der Waals surface area (Å²) in [7, 11) is 0. The molecule has 0 spiro atoms. The summed E-state index contributed by atoms with van der Waals surface area (Å²) < 4.78 is 41.5. The van der Waals surface area contributed by atoms with Gasteiger partial charge in [-0.1, -0.05) is 71.6 Å². The third kappa shape index (κ3) is 5.89. The van der Waals surface area contributed by atoms with Gasteiger partial charge in [0.15, 0.2) is 0 Å². The fourth-order valence-corrected chi connectivity index (χ4v) is 5.67. The summed E-state index contributed by atoms with van der Waals surface area (Å²) in [6, 6.07) is 0. The molecule has 154 valence electrons. The van der Waals surface area contributed by atoms with Crippen molar-refractivity contribution in [3.05, 3.63) is 0 Å². The molecule has 2 rings (SSSR count). The Morgan fingerprint density at radius 1 is 0.731 bits per heavy atom. The number of rotatable bonds is 9. The van der Waals surface area contributed by atoms with Crippen LogP contribution in [0, 0.1) is 23.2 Å². The first-order valence-corrected chi connectivity index (χ1v) is 11.5. The molecule has 0 unspecified atom stereocenters. The van der Waals surface area contributed by atoms with Crippen molar-refractivity contribution in [3.8, 4) is 0 Å². The van der Waals surface area contributed by atoms with E-state index in [2.05, 4.69) is 13.8 Å². The Morgan fingerprint density at radius 3 is 1.85 bits per heavy atom. The summed E-state index contributed by atoms with van der Waals surface area (Å²) in [5.74, 6) is 2.16. The van der Waals surface area contributed by atoms with Gasteiger partial charge in [-0.05, 0) is 62.7 Å². The number of unbranched alkanes of at least 4 members (excludes halogenated alkanes) is 4. The van der Waals surface area contributed by atoms with E-state index in [0.29, 0.717) is 31.1 Å². The molecule has 0 nitrogen and oxygen atoms in total. The average molecular weight is 375 g/mol. The predicted molar refractivity (Wildman–Crippen MR) is 104 cm³/mol. The van der Waals surface area contributed by atoms with Crippen LogP contribution in [0.3, 0.4) is 0 Å². The molecule has 26 heavy (non-hydrogen) atoms. The second-order valence-corrected chi connectivity index (χ2v) is 9.35. The van der Waals surface area contributed by atoms with Gasteiger partial charge >= 0.3 is 6.18 Å². The van der Waals surface area contributed by atoms with E-state index in [1.807, 2.05) is 0 Å². The van der Waals surface area contributed by atoms with Crippen molar-refractivity contribution in [3.63, 3.8) is 0 Å². The lowest BCUT2D eigenvalue weighted by atomic mass is 9.62. The SMILES string of the molecule is CCCCCC[C@]1(C(F)(F)F)CC[C@@H](C2CCC(CCCC)CC2)CC1. The van der Waals surface area contributed by atoms with Gasteiger partial charge in [-0.2, -0.15) is 13.2 Å². The Hall–Kier alpha value is -0.210. The number of hydrogen-bond donors (Lipinski definition) is 0. The van der Waals surface area contributed by atoms with Crippen LogP contribution in [-0.4, -0.2) is 6.18 Å². The van der Waals surface area contributed by atoms with Gasteiger partial charge < -0.3 is 0 Å². The van der Waals surface area contributed by atoms with E-state index in [9.17, 15) is 13.2 Å². The zero-order chi connectivity index (χ0) is 19.0. The highest BCUT2D eigenvalue weighted by Gasteiger charge is 2.55. The molecule has 0 aromatic carbocycles. The summed E-state index contributed by atoms with van der Waals surface area (Å²) in [6.07, 6.45) is 11.8. The summed E-state index contributed by atoms with van der Waals surface area (Å²) in [6.45, 7) is 4.37. The zero-order valence-electron chi connectivity index (χ0n) is 17.2. The highest BCUT2D eigenvalue weighted by Crippen LogP contribution is 2.55. The molecule has 2 aliphatic carbocycles. The predicted octanol–water partition coefficient (Wildman–Crippen LogP) is 8.69. The van der Waals surface area contributed by atoms with Crippen LogP contribution in [0.25, 0.3) is 0 Å². The molecule has 2 aliphatic rings. The molecule has 2 fully saturated rings. The van der Waals surface area contributed by atoms with Gasteiger partial charge in [-0.25, -0.2) is 0 Å². The third-order valence-electron chi connectivity index (χ3n) is 7.62. The molecule has 0 heterocycles. The van der Waals surface area contributed by atoms with Crippen molar-refractivity contribution in [2.45, 2.75) is 123 Å². The molecule has 0 amide bonds. The van der Waals surface area contributed by atoms with Crippen LogP contribution in [0.1, 0.15) is 117 Å². The molecule has 0 radical (unpaired) electrons. The van der Waals surface area contributed by atoms with E-state index >= 15 is 0 Å². The number of hydrogen-bond acceptors (Lipinski definition) is 0. The maximum absolute atomic E-state index is 13.8. The maximum atomic E-state index is 13.8. The van der Waals surface area contributed by atoms with E-state index in [-0.39, 0.29) is 0 Å². The van der Waals surface area contributed by atoms with Crippen LogP contribution < -0.4 is 0 Å². The lowest BCUT2D eigenvalue weighted by Gasteiger charge is -2.44. The fourth-order valence-electron chi connectivity index (χ4n) is 5.67. The van der Waals surface area contributed by atoms with Crippen molar-refractivity contribution in [1.29, 1.82) is 0 Å². The average Bonchev–Trinajstić information content (AvgIpc) is 2.64. The van der Waals surface area contributed by atoms with Gasteiger partial charge in [0, 0.05) is 0 Å². The Kier molecular flexibility index (Phi) is 8.80. The van der Waals surface area contributed by atoms with Crippen molar-refractivity contribution < 1.29 is 13.2 Å². The van der Waals surface area contributed by atoms with E-state index in [0.717, 1.165) is 44.4 Å². The van der Waals surface area contributed by atoms with Crippen LogP contribution in [0.2, 0.25) is 0 Å². The Balaban J connectivity index is 1.81. The fraction of sp³-hybridized carbons (Fsp3) is 1.00. The molecule has 0 saturated heterocycles. The van der Waals surface area contributed by atoms with Crippen LogP contribution in [0.15, 0.2) is 0 Å². The molecule has 0 aliphatic heterocycles. The highest BCUT2D eigenvalue weighted by molar-refractivity contribution is 4.93. The summed E-state index contributed by atoms with van der Waals surface area (Å²) in [5.41, 5.74) is -1.37. The molecule has 0 bridgehead atoms. The Morgan fingerprint density at radius 2 is 1.31 bits per heavy atom. The Labute approximate surface area is 159 Å². The van der Waals surface area contributed by atoms with Crippen LogP contribution in [-0.2, 0) is 0 Å². The van der Waals surface area contributed by atoms with Gasteiger partial charge in [-0.3, -0.25) is 0 Å². The van der Waals surface area contributed by atoms with E-state index in [4.69, 9.17) is 0 Å². The Bertz CT molecular complexity index is 371. The van der Waals surface area contributed by atoms with E-state index in [1.165, 1.54) is 44.9 Å². The molecule has 2 saturated carbocycles. The maximum Gasteiger partial charge on any atom is 0.394 e. The van der Waals surface area contributed by atoms with Crippen molar-refractivity contribution >= 4 is 0 Å². The molecule has 3 heteroatoms. The monoisotopic (exact) mass is 374 g/mol. The van der Waals surface area contributed by atoms with Gasteiger partial charge in [0.2, 0.25) is 0 Å². The smallest absolute Gasteiger partial charge is 0.171 e. The van der Waals surface area contributed by atoms with Gasteiger partial charge in [0.1, 0.15) is 0 Å². The first-order valence-electron chi connectivity index (χ1n) is 11.5. The minimum atomic E-state index is -4.01. The molecular weight excluding hydrogens is 333 g/mol.